The molecule has 9 heteroatoms. The van der Waals surface area contributed by atoms with Gasteiger partial charge in [-0.2, -0.15) is 0 Å². The summed E-state index contributed by atoms with van der Waals surface area (Å²) in [5.74, 6) is -0.357. The van der Waals surface area contributed by atoms with Gasteiger partial charge in [0.2, 0.25) is 5.91 Å². The van der Waals surface area contributed by atoms with Crippen molar-refractivity contribution in [3.05, 3.63) is 101 Å². The van der Waals surface area contributed by atoms with E-state index in [0.29, 0.717) is 59.6 Å². The molecule has 0 spiro atoms. The van der Waals surface area contributed by atoms with Crippen LogP contribution in [0.15, 0.2) is 56.5 Å². The van der Waals surface area contributed by atoms with Crippen molar-refractivity contribution in [2.45, 2.75) is 45.6 Å². The van der Waals surface area contributed by atoms with Crippen LogP contribution in [0.4, 0.5) is 4.39 Å². The van der Waals surface area contributed by atoms with Crippen LogP contribution in [0.25, 0.3) is 22.1 Å². The summed E-state index contributed by atoms with van der Waals surface area (Å²) in [5.41, 5.74) is 3.55. The normalized spacial score (nSPS) is 15.5. The first-order valence-corrected chi connectivity index (χ1v) is 14.9. The summed E-state index contributed by atoms with van der Waals surface area (Å²) in [7, 11) is 0. The van der Waals surface area contributed by atoms with Crippen LogP contribution in [0.1, 0.15) is 46.8 Å². The number of rotatable bonds is 6. The van der Waals surface area contributed by atoms with E-state index >= 15 is 0 Å². The van der Waals surface area contributed by atoms with Crippen LogP contribution in [0.5, 0.6) is 0 Å². The zero-order valence-electron chi connectivity index (χ0n) is 23.0. The maximum atomic E-state index is 15.0. The minimum Gasteiger partial charge on any atom is -0.422 e. The molecular weight excluding hydrogens is 638 g/mol. The molecule has 0 unspecified atom stereocenters. The van der Waals surface area contributed by atoms with E-state index < -0.39 is 5.63 Å². The van der Waals surface area contributed by atoms with Crippen molar-refractivity contribution < 1.29 is 18.3 Å². The zero-order chi connectivity index (χ0) is 28.8. The third-order valence-corrected chi connectivity index (χ3v) is 8.77. The first kappa shape index (κ1) is 27.8. The molecule has 1 aliphatic heterocycles. The molecule has 1 aliphatic carbocycles. The molecule has 0 atom stereocenters. The first-order chi connectivity index (χ1) is 19.7. The standard InChI is InChI=1S/C32H30FIN2O5/c1-18-25(16-21-6-7-23(34)17-26(21)33)29-30(41-32(18)39)28(19(2)36(31(29)38)24-8-9-24)22-5-3-4-20(14-22)15-27(37)35-10-12-40-13-11-35/h3-7,14,17,24H,8-13,15-16H2,1-2H3. The van der Waals surface area contributed by atoms with Crippen LogP contribution < -0.4 is 11.2 Å². The Labute approximate surface area is 250 Å². The van der Waals surface area contributed by atoms with Crippen molar-refractivity contribution in [2.24, 2.45) is 0 Å². The first-order valence-electron chi connectivity index (χ1n) is 13.8. The maximum Gasteiger partial charge on any atom is 0.339 e. The van der Waals surface area contributed by atoms with E-state index in [9.17, 15) is 18.8 Å². The summed E-state index contributed by atoms with van der Waals surface area (Å²) in [6.07, 6.45) is 2.09. The SMILES string of the molecule is Cc1c(Cc2ccc(I)cc2F)c2c(=O)n(C3CC3)c(C)c(-c3cccc(CC(=O)N4CCOCC4)c3)c2oc1=O. The fourth-order valence-electron chi connectivity index (χ4n) is 5.75. The molecule has 1 saturated heterocycles. The lowest BCUT2D eigenvalue weighted by Crippen LogP contribution is -2.41. The van der Waals surface area contributed by atoms with Gasteiger partial charge in [-0.1, -0.05) is 30.3 Å². The molecule has 0 bridgehead atoms. The van der Waals surface area contributed by atoms with Gasteiger partial charge < -0.3 is 18.6 Å². The molecule has 2 aromatic heterocycles. The zero-order valence-corrected chi connectivity index (χ0v) is 25.1. The van der Waals surface area contributed by atoms with Gasteiger partial charge in [0.1, 0.15) is 5.82 Å². The van der Waals surface area contributed by atoms with Crippen LogP contribution >= 0.6 is 22.6 Å². The number of carbonyl (C=O) groups excluding carboxylic acids is 1. The second-order valence-corrected chi connectivity index (χ2v) is 12.1. The molecule has 4 aromatic rings. The summed E-state index contributed by atoms with van der Waals surface area (Å²) >= 11 is 2.05. The molecular formula is C32H30FIN2O5. The van der Waals surface area contributed by atoms with Gasteiger partial charge in [-0.25, -0.2) is 9.18 Å². The van der Waals surface area contributed by atoms with Crippen LogP contribution in [-0.2, 0) is 22.4 Å². The largest absolute Gasteiger partial charge is 0.422 e. The minimum atomic E-state index is -0.554. The van der Waals surface area contributed by atoms with E-state index in [1.54, 1.807) is 17.6 Å². The third kappa shape index (κ3) is 5.37. The van der Waals surface area contributed by atoms with Gasteiger partial charge >= 0.3 is 5.63 Å². The number of benzene rings is 2. The molecule has 3 heterocycles. The number of carbonyl (C=O) groups is 1. The molecule has 2 aliphatic rings. The van der Waals surface area contributed by atoms with Crippen LogP contribution in [0.3, 0.4) is 0 Å². The average Bonchev–Trinajstić information content (AvgIpc) is 3.78. The monoisotopic (exact) mass is 668 g/mol. The average molecular weight is 669 g/mol. The molecule has 7 nitrogen and oxygen atoms in total. The highest BCUT2D eigenvalue weighted by molar-refractivity contribution is 14.1. The van der Waals surface area contributed by atoms with Gasteiger partial charge in [0.15, 0.2) is 5.58 Å². The highest BCUT2D eigenvalue weighted by atomic mass is 127. The number of amides is 1. The lowest BCUT2D eigenvalue weighted by Gasteiger charge is -2.27. The van der Waals surface area contributed by atoms with E-state index in [-0.39, 0.29) is 41.8 Å². The quantitative estimate of drug-likeness (QED) is 0.261. The van der Waals surface area contributed by atoms with Crippen LogP contribution in [0, 0.1) is 23.2 Å². The fourth-order valence-corrected chi connectivity index (χ4v) is 6.21. The van der Waals surface area contributed by atoms with E-state index in [0.717, 1.165) is 27.5 Å². The van der Waals surface area contributed by atoms with Gasteiger partial charge in [-0.15, -0.1) is 0 Å². The van der Waals surface area contributed by atoms with Crippen molar-refractivity contribution in [3.8, 4) is 11.1 Å². The molecule has 6 rings (SSSR count). The van der Waals surface area contributed by atoms with Gasteiger partial charge in [-0.3, -0.25) is 9.59 Å². The Hall–Kier alpha value is -3.31. The highest BCUT2D eigenvalue weighted by Gasteiger charge is 2.31. The number of pyridine rings is 1. The minimum absolute atomic E-state index is 0.0268. The van der Waals surface area contributed by atoms with E-state index in [2.05, 4.69) is 22.6 Å². The smallest absolute Gasteiger partial charge is 0.339 e. The van der Waals surface area contributed by atoms with Crippen molar-refractivity contribution >= 4 is 39.5 Å². The van der Waals surface area contributed by atoms with Gasteiger partial charge in [0, 0.05) is 45.9 Å². The van der Waals surface area contributed by atoms with Crippen LogP contribution in [0.2, 0.25) is 0 Å². The summed E-state index contributed by atoms with van der Waals surface area (Å²) in [6.45, 7) is 5.72. The summed E-state index contributed by atoms with van der Waals surface area (Å²) in [6, 6.07) is 12.6. The summed E-state index contributed by atoms with van der Waals surface area (Å²) in [4.78, 5) is 42.0. The maximum absolute atomic E-state index is 15.0. The molecule has 1 amide bonds. The summed E-state index contributed by atoms with van der Waals surface area (Å²) < 4.78 is 28.8. The molecule has 0 radical (unpaired) electrons. The number of aromatic nitrogens is 1. The van der Waals surface area contributed by atoms with E-state index in [4.69, 9.17) is 9.15 Å². The predicted octanol–water partition coefficient (Wildman–Crippen LogP) is 5.31. The van der Waals surface area contributed by atoms with Crippen molar-refractivity contribution in [1.82, 2.24) is 9.47 Å². The summed E-state index contributed by atoms with van der Waals surface area (Å²) in [5, 5.41) is 0.308. The van der Waals surface area contributed by atoms with Gasteiger partial charge in [-0.05, 0) is 83.7 Å². The Balaban J connectivity index is 1.53. The van der Waals surface area contributed by atoms with Gasteiger partial charge in [0.05, 0.1) is 25.0 Å². The predicted molar refractivity (Wildman–Crippen MR) is 163 cm³/mol. The number of fused-ring (bicyclic) bond motifs is 1. The topological polar surface area (TPSA) is 81.8 Å². The second kappa shape index (κ2) is 11.2. The highest BCUT2D eigenvalue weighted by Crippen LogP contribution is 2.40. The Morgan fingerprint density at radius 1 is 1.07 bits per heavy atom. The van der Waals surface area contributed by atoms with Crippen molar-refractivity contribution in [3.63, 3.8) is 0 Å². The Morgan fingerprint density at radius 3 is 2.54 bits per heavy atom. The van der Waals surface area contributed by atoms with E-state index in [1.807, 2.05) is 42.2 Å². The number of morpholine rings is 1. The van der Waals surface area contributed by atoms with Gasteiger partial charge in [0.25, 0.3) is 5.56 Å². The van der Waals surface area contributed by atoms with Crippen LogP contribution in [-0.4, -0.2) is 41.7 Å². The van der Waals surface area contributed by atoms with Crippen molar-refractivity contribution in [2.75, 3.05) is 26.3 Å². The lowest BCUT2D eigenvalue weighted by atomic mass is 9.93. The molecule has 2 aromatic carbocycles. The second-order valence-electron chi connectivity index (χ2n) is 10.8. The lowest BCUT2D eigenvalue weighted by molar-refractivity contribution is -0.134. The molecule has 2 fully saturated rings. The molecule has 41 heavy (non-hydrogen) atoms. The number of nitrogens with zero attached hydrogens (tertiary/aromatic N) is 2. The number of ether oxygens (including phenoxy) is 1. The number of hydrogen-bond donors (Lipinski definition) is 0. The van der Waals surface area contributed by atoms with E-state index in [1.165, 1.54) is 6.07 Å². The number of halogens is 2. The molecule has 212 valence electrons. The Kier molecular flexibility index (Phi) is 7.58. The fraction of sp³-hybridized carbons (Fsp3) is 0.344. The van der Waals surface area contributed by atoms with Crippen molar-refractivity contribution in [1.29, 1.82) is 0 Å². The Morgan fingerprint density at radius 2 is 1.83 bits per heavy atom. The molecule has 1 saturated carbocycles. The molecule has 0 N–H and O–H groups in total. The third-order valence-electron chi connectivity index (χ3n) is 8.09. The number of hydrogen-bond acceptors (Lipinski definition) is 5. The Bertz CT molecular complexity index is 1800.